The van der Waals surface area contributed by atoms with Gasteiger partial charge in [0.15, 0.2) is 11.6 Å². The topological polar surface area (TPSA) is 70.3 Å². The molecule has 1 saturated heterocycles. The van der Waals surface area contributed by atoms with E-state index in [1.807, 2.05) is 30.2 Å². The van der Waals surface area contributed by atoms with E-state index in [-0.39, 0.29) is 21.9 Å². The summed E-state index contributed by atoms with van der Waals surface area (Å²) in [4.78, 5) is 23.4. The molecule has 32 heavy (non-hydrogen) atoms. The standard InChI is InChI=1S/C24H36N4O3S/c1-8-17(2)18-11-12-25-21(26-15-18)22(29)28-14-13-27(16-24(28,3)4)23(32(6)7)19-9-10-20(30-5)31-19/h8-10,15H,11-14,16H2,1-7H3,(H,25,26). The highest BCUT2D eigenvalue weighted by molar-refractivity contribution is 8.15. The summed E-state index contributed by atoms with van der Waals surface area (Å²) in [6.07, 6.45) is 9.22. The number of aliphatic imine (C=N–C) groups is 1. The maximum Gasteiger partial charge on any atom is 0.289 e. The van der Waals surface area contributed by atoms with Gasteiger partial charge in [-0.3, -0.25) is 14.7 Å². The first-order valence-electron chi connectivity index (χ1n) is 11.0. The number of amides is 1. The van der Waals surface area contributed by atoms with Gasteiger partial charge in [-0.2, -0.15) is 10.5 Å². The Morgan fingerprint density at radius 2 is 2.06 bits per heavy atom. The summed E-state index contributed by atoms with van der Waals surface area (Å²) >= 11 is 0. The van der Waals surface area contributed by atoms with Crippen molar-refractivity contribution in [2.75, 3.05) is 45.8 Å². The van der Waals surface area contributed by atoms with E-state index < -0.39 is 0 Å². The molecule has 0 unspecified atom stereocenters. The number of piperazine rings is 1. The molecule has 1 fully saturated rings. The van der Waals surface area contributed by atoms with E-state index in [9.17, 15) is 4.79 Å². The van der Waals surface area contributed by atoms with Crippen LogP contribution in [-0.2, 0) is 4.79 Å². The molecule has 3 heterocycles. The monoisotopic (exact) mass is 460 g/mol. The predicted molar refractivity (Wildman–Crippen MR) is 134 cm³/mol. The SMILES string of the molecule is CC=C(C)C1=CNC(C(=O)N2CCN(C(c3ccc(OC)o3)=S(C)C)CC2(C)C)=NCC1. The van der Waals surface area contributed by atoms with Crippen LogP contribution in [0.1, 0.15) is 39.9 Å². The summed E-state index contributed by atoms with van der Waals surface area (Å²) in [6, 6.07) is 3.81. The number of ether oxygens (including phenoxy) is 1. The van der Waals surface area contributed by atoms with Gasteiger partial charge in [0.25, 0.3) is 11.9 Å². The van der Waals surface area contributed by atoms with Crippen LogP contribution in [0.4, 0.5) is 0 Å². The average Bonchev–Trinajstić information content (AvgIpc) is 3.07. The summed E-state index contributed by atoms with van der Waals surface area (Å²) in [7, 11) is 1.59. The Hall–Kier alpha value is -2.32. The Bertz CT molecular complexity index is 983. The van der Waals surface area contributed by atoms with Gasteiger partial charge in [-0.15, -0.1) is 0 Å². The summed E-state index contributed by atoms with van der Waals surface area (Å²) < 4.78 is 11.1. The number of amidine groups is 1. The van der Waals surface area contributed by atoms with Crippen LogP contribution in [0.5, 0.6) is 5.95 Å². The van der Waals surface area contributed by atoms with Gasteiger partial charge >= 0.3 is 0 Å². The number of nitrogens with zero attached hydrogens (tertiary/aromatic N) is 3. The van der Waals surface area contributed by atoms with Gasteiger partial charge < -0.3 is 19.4 Å². The molecule has 0 radical (unpaired) electrons. The van der Waals surface area contributed by atoms with Crippen LogP contribution in [0, 0.1) is 0 Å². The summed E-state index contributed by atoms with van der Waals surface area (Å²) in [5, 5.41) is 3.18. The van der Waals surface area contributed by atoms with E-state index in [0.29, 0.717) is 31.4 Å². The molecule has 0 aliphatic carbocycles. The Balaban J connectivity index is 1.77. The van der Waals surface area contributed by atoms with Gasteiger partial charge in [0.05, 0.1) is 17.6 Å². The van der Waals surface area contributed by atoms with Crippen molar-refractivity contribution in [1.29, 1.82) is 0 Å². The van der Waals surface area contributed by atoms with Crippen LogP contribution in [0.3, 0.4) is 0 Å². The van der Waals surface area contributed by atoms with Crippen LogP contribution >= 0.6 is 10.5 Å². The van der Waals surface area contributed by atoms with Gasteiger partial charge in [-0.05, 0) is 58.3 Å². The summed E-state index contributed by atoms with van der Waals surface area (Å²) in [5.41, 5.74) is 2.04. The molecule has 0 saturated carbocycles. The van der Waals surface area contributed by atoms with Crippen LogP contribution in [0.25, 0.3) is 0 Å². The van der Waals surface area contributed by atoms with Gasteiger partial charge in [0.2, 0.25) is 0 Å². The lowest BCUT2D eigenvalue weighted by Crippen LogP contribution is -2.64. The Kier molecular flexibility index (Phi) is 7.67. The number of methoxy groups -OCH3 is 1. The minimum Gasteiger partial charge on any atom is -0.468 e. The first kappa shape index (κ1) is 24.3. The number of carbonyl (C=O) groups is 1. The molecule has 0 atom stereocenters. The first-order valence-corrected chi connectivity index (χ1v) is 13.0. The van der Waals surface area contributed by atoms with E-state index in [0.717, 1.165) is 23.7 Å². The lowest BCUT2D eigenvalue weighted by molar-refractivity contribution is -0.132. The van der Waals surface area contributed by atoms with Crippen molar-refractivity contribution in [3.63, 3.8) is 0 Å². The molecule has 2 aliphatic rings. The third-order valence-corrected chi connectivity index (χ3v) is 7.22. The minimum atomic E-state index is -0.362. The second-order valence-corrected chi connectivity index (χ2v) is 10.9. The molecular formula is C24H36N4O3S. The summed E-state index contributed by atoms with van der Waals surface area (Å²) in [6.45, 7) is 11.0. The molecule has 1 aromatic rings. The molecule has 7 nitrogen and oxygen atoms in total. The van der Waals surface area contributed by atoms with E-state index in [2.05, 4.69) is 54.6 Å². The normalized spacial score (nSPS) is 19.8. The molecule has 1 aromatic heterocycles. The second-order valence-electron chi connectivity index (χ2n) is 8.90. The fourth-order valence-electron chi connectivity index (χ4n) is 4.18. The molecular weight excluding hydrogens is 424 g/mol. The van der Waals surface area contributed by atoms with Crippen LogP contribution in [0.15, 0.2) is 45.0 Å². The second kappa shape index (κ2) is 10.1. The average molecular weight is 461 g/mol. The number of hydrogen-bond donors (Lipinski definition) is 1. The van der Waals surface area contributed by atoms with Crippen LogP contribution in [-0.4, -0.2) is 77.9 Å². The van der Waals surface area contributed by atoms with E-state index in [1.54, 1.807) is 7.11 Å². The van der Waals surface area contributed by atoms with Crippen LogP contribution in [0.2, 0.25) is 0 Å². The van der Waals surface area contributed by atoms with Gasteiger partial charge in [-0.25, -0.2) is 0 Å². The van der Waals surface area contributed by atoms with Crippen molar-refractivity contribution in [2.45, 2.75) is 39.7 Å². The van der Waals surface area contributed by atoms with Gasteiger partial charge in [-0.1, -0.05) is 11.6 Å². The zero-order valence-electron chi connectivity index (χ0n) is 20.3. The number of rotatable bonds is 4. The molecule has 1 amide bonds. The molecule has 3 rings (SSSR count). The van der Waals surface area contributed by atoms with Crippen molar-refractivity contribution in [1.82, 2.24) is 15.1 Å². The zero-order valence-corrected chi connectivity index (χ0v) is 21.1. The van der Waals surface area contributed by atoms with E-state index >= 15 is 0 Å². The molecule has 8 heteroatoms. The molecule has 176 valence electrons. The first-order chi connectivity index (χ1) is 15.2. The Morgan fingerprint density at radius 1 is 1.31 bits per heavy atom. The smallest absolute Gasteiger partial charge is 0.289 e. The largest absolute Gasteiger partial charge is 0.468 e. The molecule has 0 bridgehead atoms. The Morgan fingerprint density at radius 3 is 2.66 bits per heavy atom. The van der Waals surface area contributed by atoms with Crippen molar-refractivity contribution >= 4 is 27.2 Å². The lowest BCUT2D eigenvalue weighted by atomic mass is 9.98. The van der Waals surface area contributed by atoms with Crippen LogP contribution < -0.4 is 10.1 Å². The van der Waals surface area contributed by atoms with Gasteiger partial charge in [0, 0.05) is 38.4 Å². The Labute approximate surface area is 194 Å². The van der Waals surface area contributed by atoms with Crippen molar-refractivity contribution in [3.05, 3.63) is 41.3 Å². The number of allylic oxidation sites excluding steroid dienone is 2. The number of nitrogens with one attached hydrogen (secondary N) is 1. The maximum atomic E-state index is 13.4. The number of carbonyl (C=O) groups excluding carboxylic acids is 1. The zero-order chi connectivity index (χ0) is 23.5. The minimum absolute atomic E-state index is 0.0211. The van der Waals surface area contributed by atoms with Crippen molar-refractivity contribution in [2.24, 2.45) is 4.99 Å². The highest BCUT2D eigenvalue weighted by Crippen LogP contribution is 2.28. The quantitative estimate of drug-likeness (QED) is 0.697. The molecule has 2 aliphatic heterocycles. The third kappa shape index (κ3) is 5.18. The summed E-state index contributed by atoms with van der Waals surface area (Å²) in [5.74, 6) is 1.72. The fourth-order valence-corrected chi connectivity index (χ4v) is 5.36. The highest BCUT2D eigenvalue weighted by Gasteiger charge is 2.40. The predicted octanol–water partition coefficient (Wildman–Crippen LogP) is 3.46. The van der Waals surface area contributed by atoms with Crippen molar-refractivity contribution < 1.29 is 13.9 Å². The van der Waals surface area contributed by atoms with E-state index in [1.165, 1.54) is 11.1 Å². The maximum absolute atomic E-state index is 13.4. The number of furan rings is 1. The highest BCUT2D eigenvalue weighted by atomic mass is 32.2. The molecule has 0 spiro atoms. The van der Waals surface area contributed by atoms with Crippen molar-refractivity contribution in [3.8, 4) is 5.95 Å². The molecule has 1 N–H and O–H groups in total. The third-order valence-electron chi connectivity index (χ3n) is 5.99. The fraction of sp³-hybridized carbons (Fsp3) is 0.542. The van der Waals surface area contributed by atoms with Gasteiger partial charge in [0.1, 0.15) is 0 Å². The van der Waals surface area contributed by atoms with E-state index in [4.69, 9.17) is 9.15 Å². The lowest BCUT2D eigenvalue weighted by Gasteiger charge is -2.47. The number of hydrogen-bond acceptors (Lipinski definition) is 5. The molecule has 0 aromatic carbocycles.